The van der Waals surface area contributed by atoms with Crippen LogP contribution in [0.4, 0.5) is 5.69 Å². The zero-order chi connectivity index (χ0) is 9.40. The summed E-state index contributed by atoms with van der Waals surface area (Å²) in [6.07, 6.45) is 0. The molecular formula is C8H12N2O2. The third-order valence-electron chi connectivity index (χ3n) is 1.27. The Morgan fingerprint density at radius 1 is 1.25 bits per heavy atom. The highest BCUT2D eigenvalue weighted by molar-refractivity contribution is 5.43. The smallest absolute Gasteiger partial charge is 0.152 e. The van der Waals surface area contributed by atoms with Crippen molar-refractivity contribution in [1.29, 1.82) is 0 Å². The second kappa shape index (κ2) is 6.15. The lowest BCUT2D eigenvalue weighted by Gasteiger charge is -2.10. The highest BCUT2D eigenvalue weighted by atomic mass is 16.6. The molecule has 0 heterocycles. The van der Waals surface area contributed by atoms with Crippen LogP contribution < -0.4 is 4.90 Å². The van der Waals surface area contributed by atoms with Gasteiger partial charge in [-0.1, -0.05) is 18.2 Å². The first-order chi connectivity index (χ1) is 5.72. The molecule has 4 nitrogen and oxygen atoms in total. The van der Waals surface area contributed by atoms with Crippen LogP contribution in [0.3, 0.4) is 0 Å². The van der Waals surface area contributed by atoms with E-state index in [9.17, 15) is 0 Å². The van der Waals surface area contributed by atoms with Gasteiger partial charge in [0.1, 0.15) is 0 Å². The summed E-state index contributed by atoms with van der Waals surface area (Å²) in [5, 5.41) is 7.89. The Balaban J connectivity index is 0.000000354. The maximum atomic E-state index is 8.11. The van der Waals surface area contributed by atoms with Gasteiger partial charge in [0.15, 0.2) is 5.34 Å². The van der Waals surface area contributed by atoms with Crippen LogP contribution in [0, 0.1) is 4.91 Å². The molecule has 1 aromatic carbocycles. The van der Waals surface area contributed by atoms with E-state index in [0.29, 0.717) is 0 Å². The van der Waals surface area contributed by atoms with Crippen LogP contribution in [-0.2, 0) is 0 Å². The summed E-state index contributed by atoms with van der Waals surface area (Å²) in [6, 6.07) is 10.3. The number of anilines is 1. The van der Waals surface area contributed by atoms with E-state index in [1.807, 2.05) is 32.3 Å². The van der Waals surface area contributed by atoms with Crippen LogP contribution >= 0.6 is 0 Å². The summed E-state index contributed by atoms with van der Waals surface area (Å²) in [5.74, 6) is 0. The lowest BCUT2D eigenvalue weighted by Crippen LogP contribution is -2.07. The van der Waals surface area contributed by atoms with Crippen LogP contribution in [0.5, 0.6) is 0 Å². The molecule has 0 spiro atoms. The molecule has 0 amide bonds. The Kier molecular flexibility index (Phi) is 5.34. The number of rotatable bonds is 1. The number of benzene rings is 1. The number of para-hydroxylation sites is 1. The van der Waals surface area contributed by atoms with Gasteiger partial charge in [0.2, 0.25) is 0 Å². The van der Waals surface area contributed by atoms with Gasteiger partial charge in [-0.05, 0) is 12.1 Å². The van der Waals surface area contributed by atoms with Crippen molar-refractivity contribution in [1.82, 2.24) is 0 Å². The normalized spacial score (nSPS) is 7.83. The molecule has 66 valence electrons. The van der Waals surface area contributed by atoms with Crippen LogP contribution in [0.25, 0.3) is 0 Å². The fourth-order valence-electron chi connectivity index (χ4n) is 0.726. The molecule has 0 saturated carbocycles. The topological polar surface area (TPSA) is 52.9 Å². The molecule has 0 bridgehead atoms. The highest BCUT2D eigenvalue weighted by Gasteiger charge is 1.87. The molecule has 1 N–H and O–H groups in total. The first-order valence-electron chi connectivity index (χ1n) is 3.41. The molecule has 0 fully saturated rings. The number of nitrogens with zero attached hydrogens (tertiary/aromatic N) is 2. The highest BCUT2D eigenvalue weighted by Crippen LogP contribution is 2.07. The van der Waals surface area contributed by atoms with Crippen LogP contribution in [0.2, 0.25) is 0 Å². The molecule has 12 heavy (non-hydrogen) atoms. The molecule has 0 saturated heterocycles. The Morgan fingerprint density at radius 2 is 1.67 bits per heavy atom. The fraction of sp³-hybridized carbons (Fsp3) is 0.250. The molecule has 0 atom stereocenters. The largest absolute Gasteiger partial charge is 0.379 e. The summed E-state index contributed by atoms with van der Waals surface area (Å²) >= 11 is 0. The van der Waals surface area contributed by atoms with E-state index in [1.165, 1.54) is 11.0 Å². The summed E-state index contributed by atoms with van der Waals surface area (Å²) in [6.45, 7) is 0. The third kappa shape index (κ3) is 4.27. The minimum atomic E-state index is 1.25. The lowest BCUT2D eigenvalue weighted by atomic mass is 10.3. The monoisotopic (exact) mass is 168 g/mol. The van der Waals surface area contributed by atoms with Gasteiger partial charge in [0.25, 0.3) is 0 Å². The first-order valence-corrected chi connectivity index (χ1v) is 3.41. The molecule has 1 aromatic rings. The van der Waals surface area contributed by atoms with E-state index in [4.69, 9.17) is 10.1 Å². The van der Waals surface area contributed by atoms with Gasteiger partial charge < -0.3 is 10.1 Å². The van der Waals surface area contributed by atoms with E-state index in [0.717, 1.165) is 0 Å². The predicted octanol–water partition coefficient (Wildman–Crippen LogP) is 1.89. The molecular weight excluding hydrogens is 156 g/mol. The Morgan fingerprint density at radius 3 is 1.92 bits per heavy atom. The van der Waals surface area contributed by atoms with Crippen LogP contribution in [0.15, 0.2) is 35.7 Å². The first kappa shape index (κ1) is 10.4. The van der Waals surface area contributed by atoms with Gasteiger partial charge in [-0.15, -0.1) is 4.91 Å². The van der Waals surface area contributed by atoms with Crippen molar-refractivity contribution >= 4 is 5.69 Å². The van der Waals surface area contributed by atoms with E-state index in [-0.39, 0.29) is 0 Å². The zero-order valence-corrected chi connectivity index (χ0v) is 7.14. The SMILES string of the molecule is CN(C)c1ccccc1.O=NO. The summed E-state index contributed by atoms with van der Waals surface area (Å²) in [5.41, 5.74) is 1.25. The van der Waals surface area contributed by atoms with Gasteiger partial charge >= 0.3 is 0 Å². The van der Waals surface area contributed by atoms with Gasteiger partial charge in [-0.3, -0.25) is 0 Å². The Bertz CT molecular complexity index is 212. The van der Waals surface area contributed by atoms with Gasteiger partial charge in [0.05, 0.1) is 0 Å². The van der Waals surface area contributed by atoms with Crippen molar-refractivity contribution in [2.75, 3.05) is 19.0 Å². The van der Waals surface area contributed by atoms with Crippen molar-refractivity contribution < 1.29 is 5.21 Å². The Hall–Kier alpha value is -1.58. The second-order valence-electron chi connectivity index (χ2n) is 2.31. The third-order valence-corrected chi connectivity index (χ3v) is 1.27. The van der Waals surface area contributed by atoms with Crippen LogP contribution in [-0.4, -0.2) is 19.3 Å². The Labute approximate surface area is 71.4 Å². The zero-order valence-electron chi connectivity index (χ0n) is 7.14. The lowest BCUT2D eigenvalue weighted by molar-refractivity contribution is 0.312. The number of hydrogen-bond acceptors (Lipinski definition) is 3. The van der Waals surface area contributed by atoms with Crippen LogP contribution in [0.1, 0.15) is 0 Å². The number of hydrogen-bond donors (Lipinski definition) is 1. The molecule has 0 unspecified atom stereocenters. The molecule has 0 aromatic heterocycles. The van der Waals surface area contributed by atoms with E-state index in [2.05, 4.69) is 17.0 Å². The van der Waals surface area contributed by atoms with Gasteiger partial charge in [-0.2, -0.15) is 0 Å². The van der Waals surface area contributed by atoms with E-state index < -0.39 is 0 Å². The van der Waals surface area contributed by atoms with Crippen molar-refractivity contribution in [3.05, 3.63) is 35.2 Å². The quantitative estimate of drug-likeness (QED) is 0.514. The predicted molar refractivity (Wildman–Crippen MR) is 48.4 cm³/mol. The van der Waals surface area contributed by atoms with E-state index in [1.54, 1.807) is 0 Å². The summed E-state index contributed by atoms with van der Waals surface area (Å²) in [7, 11) is 4.07. The molecule has 0 aliphatic heterocycles. The van der Waals surface area contributed by atoms with Crippen molar-refractivity contribution in [2.45, 2.75) is 0 Å². The van der Waals surface area contributed by atoms with Gasteiger partial charge in [0, 0.05) is 19.8 Å². The van der Waals surface area contributed by atoms with Gasteiger partial charge in [-0.25, -0.2) is 0 Å². The molecule has 0 aliphatic rings. The maximum Gasteiger partial charge on any atom is 0.152 e. The minimum Gasteiger partial charge on any atom is -0.379 e. The average molecular weight is 168 g/mol. The molecule has 4 heteroatoms. The molecule has 1 rings (SSSR count). The van der Waals surface area contributed by atoms with Crippen molar-refractivity contribution in [2.24, 2.45) is 5.34 Å². The fourth-order valence-corrected chi connectivity index (χ4v) is 0.726. The van der Waals surface area contributed by atoms with E-state index >= 15 is 0 Å². The second-order valence-corrected chi connectivity index (χ2v) is 2.31. The standard InChI is InChI=1S/C8H11N.HNO2/c1-9(2)8-6-4-3-5-7-8;2-1-3/h3-7H,1-2H3;(H,2,3). The van der Waals surface area contributed by atoms with Crippen molar-refractivity contribution in [3.63, 3.8) is 0 Å². The summed E-state index contributed by atoms with van der Waals surface area (Å²) < 4.78 is 0. The minimum absolute atomic E-state index is 1.25. The average Bonchev–Trinajstić information content (AvgIpc) is 2.07. The van der Waals surface area contributed by atoms with Crippen molar-refractivity contribution in [3.8, 4) is 0 Å². The maximum absolute atomic E-state index is 8.11. The molecule has 0 aliphatic carbocycles. The molecule has 0 radical (unpaired) electrons. The summed E-state index contributed by atoms with van der Waals surface area (Å²) in [4.78, 5) is 10.2.